The van der Waals surface area contributed by atoms with Gasteiger partial charge in [0.25, 0.3) is 5.91 Å². The molecule has 1 aromatic heterocycles. The topological polar surface area (TPSA) is 61.6 Å². The summed E-state index contributed by atoms with van der Waals surface area (Å²) in [5, 5.41) is 2.88. The molecular formula is C26H34N4O2. The number of aryl methyl sites for hydroxylation is 2. The zero-order valence-electron chi connectivity index (χ0n) is 19.8. The van der Waals surface area contributed by atoms with Crippen LogP contribution in [0.1, 0.15) is 51.6 Å². The van der Waals surface area contributed by atoms with Gasteiger partial charge in [0.15, 0.2) is 5.69 Å². The molecule has 1 heterocycles. The van der Waals surface area contributed by atoms with Crippen molar-refractivity contribution in [1.82, 2.24) is 20.1 Å². The predicted molar refractivity (Wildman–Crippen MR) is 127 cm³/mol. The van der Waals surface area contributed by atoms with E-state index < -0.39 is 0 Å². The lowest BCUT2D eigenvalue weighted by molar-refractivity contribution is 0.0946. The molecule has 3 aromatic rings. The molecule has 1 atom stereocenters. The third kappa shape index (κ3) is 6.52. The second-order valence-corrected chi connectivity index (χ2v) is 8.61. The molecule has 0 saturated carbocycles. The zero-order valence-corrected chi connectivity index (χ0v) is 19.8. The van der Waals surface area contributed by atoms with Gasteiger partial charge in [-0.2, -0.15) is 0 Å². The van der Waals surface area contributed by atoms with Crippen molar-refractivity contribution in [3.63, 3.8) is 0 Å². The lowest BCUT2D eigenvalue weighted by Crippen LogP contribution is -2.31. The second kappa shape index (κ2) is 11.1. The van der Waals surface area contributed by atoms with E-state index in [1.165, 1.54) is 28.5 Å². The highest BCUT2D eigenvalue weighted by atomic mass is 16.3. The van der Waals surface area contributed by atoms with Gasteiger partial charge in [-0.3, -0.25) is 9.69 Å². The van der Waals surface area contributed by atoms with Gasteiger partial charge in [0.1, 0.15) is 6.26 Å². The summed E-state index contributed by atoms with van der Waals surface area (Å²) < 4.78 is 5.69. The number of carbonyl (C=O) groups is 1. The van der Waals surface area contributed by atoms with Gasteiger partial charge >= 0.3 is 0 Å². The summed E-state index contributed by atoms with van der Waals surface area (Å²) in [5.41, 5.74) is 5.34. The number of nitrogens with one attached hydrogen (secondary N) is 1. The molecule has 1 N–H and O–H groups in total. The van der Waals surface area contributed by atoms with Crippen LogP contribution < -0.4 is 5.32 Å². The highest BCUT2D eigenvalue weighted by Crippen LogP contribution is 2.25. The van der Waals surface area contributed by atoms with Crippen molar-refractivity contribution in [3.8, 4) is 0 Å². The van der Waals surface area contributed by atoms with Gasteiger partial charge in [0.05, 0.1) is 6.54 Å². The molecule has 1 unspecified atom stereocenters. The molecule has 6 nitrogen and oxygen atoms in total. The molecule has 32 heavy (non-hydrogen) atoms. The molecule has 0 fully saturated rings. The Morgan fingerprint density at radius 3 is 2.53 bits per heavy atom. The first-order valence-corrected chi connectivity index (χ1v) is 11.1. The minimum atomic E-state index is -0.209. The van der Waals surface area contributed by atoms with Crippen molar-refractivity contribution in [3.05, 3.63) is 88.6 Å². The van der Waals surface area contributed by atoms with E-state index in [1.54, 1.807) is 0 Å². The fraction of sp³-hybridized carbons (Fsp3) is 0.385. The summed E-state index contributed by atoms with van der Waals surface area (Å²) in [6.07, 6.45) is 1.45. The van der Waals surface area contributed by atoms with Gasteiger partial charge in [0, 0.05) is 25.7 Å². The fourth-order valence-corrected chi connectivity index (χ4v) is 3.66. The molecule has 3 rings (SSSR count). The first-order chi connectivity index (χ1) is 15.3. The SMILES string of the molecule is Cc1ccc(CN(Cc2nc(C(=O)NCCN(C)C)co2)C(C)c2ccccc2)c(C)c1. The first-order valence-electron chi connectivity index (χ1n) is 11.1. The van der Waals surface area contributed by atoms with Crippen molar-refractivity contribution in [2.24, 2.45) is 0 Å². The number of likely N-dealkylation sites (N-methyl/N-ethyl adjacent to an activating group) is 1. The molecule has 0 saturated heterocycles. The van der Waals surface area contributed by atoms with Crippen LogP contribution in [0, 0.1) is 13.8 Å². The zero-order chi connectivity index (χ0) is 23.1. The Bertz CT molecular complexity index is 1010. The fourth-order valence-electron chi connectivity index (χ4n) is 3.66. The number of hydrogen-bond acceptors (Lipinski definition) is 5. The quantitative estimate of drug-likeness (QED) is 0.514. The number of benzene rings is 2. The Hall–Kier alpha value is -2.96. The van der Waals surface area contributed by atoms with Crippen LogP contribution in [-0.4, -0.2) is 47.9 Å². The van der Waals surface area contributed by atoms with Gasteiger partial charge in [-0.25, -0.2) is 4.98 Å². The molecule has 0 bridgehead atoms. The van der Waals surface area contributed by atoms with Gasteiger partial charge in [-0.05, 0) is 51.6 Å². The lowest BCUT2D eigenvalue weighted by atomic mass is 10.0. The van der Waals surface area contributed by atoms with E-state index in [2.05, 4.69) is 78.4 Å². The lowest BCUT2D eigenvalue weighted by Gasteiger charge is -2.29. The summed E-state index contributed by atoms with van der Waals surface area (Å²) in [7, 11) is 3.94. The van der Waals surface area contributed by atoms with Crippen molar-refractivity contribution >= 4 is 5.91 Å². The molecule has 1 amide bonds. The number of hydrogen-bond donors (Lipinski definition) is 1. The number of aromatic nitrogens is 1. The smallest absolute Gasteiger partial charge is 0.273 e. The highest BCUT2D eigenvalue weighted by Gasteiger charge is 2.21. The molecule has 170 valence electrons. The number of rotatable bonds is 10. The van der Waals surface area contributed by atoms with Crippen LogP contribution in [0.15, 0.2) is 59.2 Å². The van der Waals surface area contributed by atoms with Crippen molar-refractivity contribution in [2.75, 3.05) is 27.2 Å². The number of oxazole rings is 1. The summed E-state index contributed by atoms with van der Waals surface area (Å²) in [6, 6.07) is 17.1. The van der Waals surface area contributed by atoms with Gasteiger partial charge in [-0.1, -0.05) is 54.1 Å². The third-order valence-electron chi connectivity index (χ3n) is 5.67. The third-order valence-corrected chi connectivity index (χ3v) is 5.67. The number of amides is 1. The maximum atomic E-state index is 12.4. The summed E-state index contributed by atoms with van der Waals surface area (Å²) in [6.45, 7) is 9.06. The Kier molecular flexibility index (Phi) is 8.20. The van der Waals surface area contributed by atoms with E-state index in [1.807, 2.05) is 25.1 Å². The normalized spacial score (nSPS) is 12.3. The molecule has 0 aliphatic rings. The van der Waals surface area contributed by atoms with E-state index in [4.69, 9.17) is 4.42 Å². The van der Waals surface area contributed by atoms with Crippen LogP contribution in [0.3, 0.4) is 0 Å². The summed E-state index contributed by atoms with van der Waals surface area (Å²) >= 11 is 0. The standard InChI is InChI=1S/C26H34N4O2/c1-19-11-12-23(20(2)15-19)16-30(21(3)22-9-7-6-8-10-22)17-25-28-24(18-32-25)26(31)27-13-14-29(4)5/h6-12,15,18,21H,13-14,16-17H2,1-5H3,(H,27,31). The molecule has 6 heteroatoms. The molecule has 0 aliphatic heterocycles. The highest BCUT2D eigenvalue weighted by molar-refractivity contribution is 5.91. The van der Waals surface area contributed by atoms with Gasteiger partial charge < -0.3 is 14.6 Å². The Labute approximate surface area is 191 Å². The molecular weight excluding hydrogens is 400 g/mol. The summed E-state index contributed by atoms with van der Waals surface area (Å²) in [5.74, 6) is 0.328. The largest absolute Gasteiger partial charge is 0.447 e. The Morgan fingerprint density at radius 2 is 1.84 bits per heavy atom. The summed E-state index contributed by atoms with van der Waals surface area (Å²) in [4.78, 5) is 21.2. The monoisotopic (exact) mass is 434 g/mol. The van der Waals surface area contributed by atoms with Crippen LogP contribution in [0.25, 0.3) is 0 Å². The second-order valence-electron chi connectivity index (χ2n) is 8.61. The Balaban J connectivity index is 1.77. The first kappa shape index (κ1) is 23.7. The molecule has 0 spiro atoms. The van der Waals surface area contributed by atoms with E-state index in [-0.39, 0.29) is 11.9 Å². The maximum Gasteiger partial charge on any atom is 0.273 e. The number of carbonyl (C=O) groups excluding carboxylic acids is 1. The van der Waals surface area contributed by atoms with E-state index >= 15 is 0 Å². The van der Waals surface area contributed by atoms with Crippen LogP contribution in [0.2, 0.25) is 0 Å². The molecule has 0 aliphatic carbocycles. The Morgan fingerprint density at radius 1 is 1.09 bits per heavy atom. The van der Waals surface area contributed by atoms with Gasteiger partial charge in [-0.15, -0.1) is 0 Å². The molecule has 0 radical (unpaired) electrons. The predicted octanol–water partition coefficient (Wildman–Crippen LogP) is 4.35. The van der Waals surface area contributed by atoms with Crippen LogP contribution in [0.5, 0.6) is 0 Å². The van der Waals surface area contributed by atoms with Crippen LogP contribution in [-0.2, 0) is 13.1 Å². The van der Waals surface area contributed by atoms with Crippen molar-refractivity contribution in [2.45, 2.75) is 39.9 Å². The van der Waals surface area contributed by atoms with E-state index in [9.17, 15) is 4.79 Å². The van der Waals surface area contributed by atoms with E-state index in [0.29, 0.717) is 24.7 Å². The molecule has 2 aromatic carbocycles. The maximum absolute atomic E-state index is 12.4. The van der Waals surface area contributed by atoms with Crippen molar-refractivity contribution < 1.29 is 9.21 Å². The average Bonchev–Trinajstić information content (AvgIpc) is 3.23. The van der Waals surface area contributed by atoms with Crippen molar-refractivity contribution in [1.29, 1.82) is 0 Å². The number of nitrogens with zero attached hydrogens (tertiary/aromatic N) is 3. The minimum absolute atomic E-state index is 0.154. The van der Waals surface area contributed by atoms with Crippen LogP contribution >= 0.6 is 0 Å². The average molecular weight is 435 g/mol. The van der Waals surface area contributed by atoms with E-state index in [0.717, 1.165) is 13.1 Å². The minimum Gasteiger partial charge on any atom is -0.447 e. The van der Waals surface area contributed by atoms with Crippen LogP contribution in [0.4, 0.5) is 0 Å². The van der Waals surface area contributed by atoms with Gasteiger partial charge in [0.2, 0.25) is 5.89 Å².